The molecule has 0 radical (unpaired) electrons. The maximum atomic E-state index is 13.5. The van der Waals surface area contributed by atoms with Gasteiger partial charge in [-0.2, -0.15) is 0 Å². The van der Waals surface area contributed by atoms with Crippen LogP contribution in [0.3, 0.4) is 0 Å². The van der Waals surface area contributed by atoms with Crippen LogP contribution >= 0.6 is 0 Å². The van der Waals surface area contributed by atoms with Gasteiger partial charge < -0.3 is 10.1 Å². The Bertz CT molecular complexity index is 435. The fraction of sp³-hybridized carbons (Fsp3) is 0.667. The van der Waals surface area contributed by atoms with Gasteiger partial charge in [0.2, 0.25) is 0 Å². The largest absolute Gasteiger partial charge is 0.369 e. The van der Waals surface area contributed by atoms with E-state index in [1.807, 2.05) is 6.07 Å². The maximum absolute atomic E-state index is 13.5. The average molecular weight is 293 g/mol. The third-order valence-electron chi connectivity index (χ3n) is 3.95. The Morgan fingerprint density at radius 3 is 2.57 bits per heavy atom. The Morgan fingerprint density at radius 2 is 1.95 bits per heavy atom. The highest BCUT2D eigenvalue weighted by atomic mass is 19.1. The van der Waals surface area contributed by atoms with Gasteiger partial charge in [0.15, 0.2) is 0 Å². The number of hydrogen-bond acceptors (Lipinski definition) is 2. The van der Waals surface area contributed by atoms with Crippen molar-refractivity contribution in [3.05, 3.63) is 35.6 Å². The van der Waals surface area contributed by atoms with Crippen molar-refractivity contribution < 1.29 is 9.13 Å². The molecule has 0 aliphatic heterocycles. The Balaban J connectivity index is 2.05. The van der Waals surface area contributed by atoms with Crippen molar-refractivity contribution in [1.82, 2.24) is 5.32 Å². The molecule has 0 saturated heterocycles. The molecule has 1 saturated carbocycles. The summed E-state index contributed by atoms with van der Waals surface area (Å²) < 4.78 is 19.8. The van der Waals surface area contributed by atoms with Crippen LogP contribution < -0.4 is 5.32 Å². The van der Waals surface area contributed by atoms with Gasteiger partial charge in [0, 0.05) is 12.1 Å². The van der Waals surface area contributed by atoms with E-state index < -0.39 is 0 Å². The molecule has 3 heteroatoms. The maximum Gasteiger partial charge on any atom is 0.123 e. The van der Waals surface area contributed by atoms with Gasteiger partial charge in [-0.3, -0.25) is 0 Å². The minimum absolute atomic E-state index is 0.0293. The molecule has 1 aliphatic rings. The molecule has 1 atom stereocenters. The first-order valence-corrected chi connectivity index (χ1v) is 8.10. The van der Waals surface area contributed by atoms with E-state index in [1.54, 1.807) is 12.1 Å². The Kier molecular flexibility index (Phi) is 5.77. The zero-order chi connectivity index (χ0) is 15.3. The van der Waals surface area contributed by atoms with Gasteiger partial charge in [-0.25, -0.2) is 4.39 Å². The van der Waals surface area contributed by atoms with Gasteiger partial charge in [0.25, 0.3) is 0 Å². The highest BCUT2D eigenvalue weighted by Crippen LogP contribution is 2.27. The van der Waals surface area contributed by atoms with Gasteiger partial charge in [0.05, 0.1) is 12.2 Å². The average Bonchev–Trinajstić information content (AvgIpc) is 2.43. The molecule has 21 heavy (non-hydrogen) atoms. The van der Waals surface area contributed by atoms with E-state index in [4.69, 9.17) is 4.74 Å². The van der Waals surface area contributed by atoms with Crippen LogP contribution in [0.5, 0.6) is 0 Å². The standard InChI is InChI=1S/C18H28FNO/c1-18(2,3)20-13-17(14-8-7-9-15(19)12-14)21-16-10-5-4-6-11-16/h7-9,12,16-17,20H,4-6,10-11,13H2,1-3H3. The summed E-state index contributed by atoms with van der Waals surface area (Å²) in [6, 6.07) is 6.80. The first-order chi connectivity index (χ1) is 9.94. The SMILES string of the molecule is CC(C)(C)NCC(OC1CCCCC1)c1cccc(F)c1. The number of halogens is 1. The lowest BCUT2D eigenvalue weighted by molar-refractivity contribution is -0.0329. The number of benzene rings is 1. The van der Waals surface area contributed by atoms with Crippen molar-refractivity contribution in [2.75, 3.05) is 6.54 Å². The van der Waals surface area contributed by atoms with E-state index in [0.29, 0.717) is 12.6 Å². The monoisotopic (exact) mass is 293 g/mol. The summed E-state index contributed by atoms with van der Waals surface area (Å²) in [5.74, 6) is -0.194. The highest BCUT2D eigenvalue weighted by molar-refractivity contribution is 5.19. The first-order valence-electron chi connectivity index (χ1n) is 8.10. The summed E-state index contributed by atoms with van der Waals surface area (Å²) in [7, 11) is 0. The van der Waals surface area contributed by atoms with Crippen molar-refractivity contribution in [2.45, 2.75) is 70.6 Å². The van der Waals surface area contributed by atoms with Crippen molar-refractivity contribution in [2.24, 2.45) is 0 Å². The molecular weight excluding hydrogens is 265 g/mol. The molecule has 0 heterocycles. The van der Waals surface area contributed by atoms with Crippen molar-refractivity contribution in [3.8, 4) is 0 Å². The number of hydrogen-bond donors (Lipinski definition) is 1. The molecule has 0 bridgehead atoms. The molecule has 1 aromatic rings. The van der Waals surface area contributed by atoms with E-state index in [1.165, 1.54) is 25.3 Å². The fourth-order valence-electron chi connectivity index (χ4n) is 2.78. The molecule has 1 unspecified atom stereocenters. The molecule has 1 N–H and O–H groups in total. The molecular formula is C18H28FNO. The van der Waals surface area contributed by atoms with Crippen LogP contribution in [0, 0.1) is 5.82 Å². The van der Waals surface area contributed by atoms with Crippen LogP contribution in [0.2, 0.25) is 0 Å². The molecule has 1 fully saturated rings. The van der Waals surface area contributed by atoms with Crippen LogP contribution in [-0.4, -0.2) is 18.2 Å². The summed E-state index contributed by atoms with van der Waals surface area (Å²) in [5, 5.41) is 3.48. The highest BCUT2D eigenvalue weighted by Gasteiger charge is 2.22. The van der Waals surface area contributed by atoms with Gasteiger partial charge in [-0.1, -0.05) is 31.4 Å². The predicted molar refractivity (Wildman–Crippen MR) is 84.9 cm³/mol. The quantitative estimate of drug-likeness (QED) is 0.856. The topological polar surface area (TPSA) is 21.3 Å². The first kappa shape index (κ1) is 16.4. The lowest BCUT2D eigenvalue weighted by Crippen LogP contribution is -2.40. The summed E-state index contributed by atoms with van der Waals surface area (Å²) in [4.78, 5) is 0. The van der Waals surface area contributed by atoms with Crippen molar-refractivity contribution in [3.63, 3.8) is 0 Å². The third kappa shape index (κ3) is 5.76. The van der Waals surface area contributed by atoms with Crippen molar-refractivity contribution in [1.29, 1.82) is 0 Å². The van der Waals surface area contributed by atoms with Gasteiger partial charge in [0.1, 0.15) is 5.82 Å². The lowest BCUT2D eigenvalue weighted by atomic mass is 9.97. The molecule has 1 aliphatic carbocycles. The third-order valence-corrected chi connectivity index (χ3v) is 3.95. The van der Waals surface area contributed by atoms with E-state index in [0.717, 1.165) is 18.4 Å². The van der Waals surface area contributed by atoms with Gasteiger partial charge in [-0.05, 0) is 51.3 Å². The second-order valence-electron chi connectivity index (χ2n) is 7.07. The summed E-state index contributed by atoms with van der Waals surface area (Å²) in [5.41, 5.74) is 0.957. The van der Waals surface area contributed by atoms with E-state index in [-0.39, 0.29) is 17.5 Å². The number of nitrogens with one attached hydrogen (secondary N) is 1. The summed E-state index contributed by atoms with van der Waals surface area (Å²) >= 11 is 0. The second-order valence-corrected chi connectivity index (χ2v) is 7.07. The van der Waals surface area contributed by atoms with Crippen LogP contribution in [-0.2, 0) is 4.74 Å². The van der Waals surface area contributed by atoms with Crippen LogP contribution in [0.1, 0.15) is 64.5 Å². The minimum atomic E-state index is -0.194. The summed E-state index contributed by atoms with van der Waals surface area (Å²) in [6.45, 7) is 7.12. The molecule has 0 amide bonds. The van der Waals surface area contributed by atoms with E-state index in [9.17, 15) is 4.39 Å². The fourth-order valence-corrected chi connectivity index (χ4v) is 2.78. The van der Waals surface area contributed by atoms with E-state index in [2.05, 4.69) is 26.1 Å². The molecule has 1 aromatic carbocycles. The summed E-state index contributed by atoms with van der Waals surface area (Å²) in [6.07, 6.45) is 6.28. The Morgan fingerprint density at radius 1 is 1.24 bits per heavy atom. The molecule has 0 aromatic heterocycles. The number of ether oxygens (including phenoxy) is 1. The molecule has 118 valence electrons. The predicted octanol–water partition coefficient (Wildman–Crippen LogP) is 4.60. The van der Waals surface area contributed by atoms with Crippen molar-refractivity contribution >= 4 is 0 Å². The lowest BCUT2D eigenvalue weighted by Gasteiger charge is -2.30. The van der Waals surface area contributed by atoms with Gasteiger partial charge in [-0.15, -0.1) is 0 Å². The molecule has 2 rings (SSSR count). The smallest absolute Gasteiger partial charge is 0.123 e. The second kappa shape index (κ2) is 7.37. The Labute approximate surface area is 128 Å². The van der Waals surface area contributed by atoms with Crippen LogP contribution in [0.25, 0.3) is 0 Å². The molecule has 0 spiro atoms. The zero-order valence-electron chi connectivity index (χ0n) is 13.5. The molecule has 2 nitrogen and oxygen atoms in total. The van der Waals surface area contributed by atoms with E-state index >= 15 is 0 Å². The number of rotatable bonds is 5. The van der Waals surface area contributed by atoms with Crippen LogP contribution in [0.15, 0.2) is 24.3 Å². The normalized spacial score (nSPS) is 18.7. The van der Waals surface area contributed by atoms with Gasteiger partial charge >= 0.3 is 0 Å². The minimum Gasteiger partial charge on any atom is -0.369 e. The zero-order valence-corrected chi connectivity index (χ0v) is 13.5. The van der Waals surface area contributed by atoms with Crippen LogP contribution in [0.4, 0.5) is 4.39 Å². The Hall–Kier alpha value is -0.930.